The molecule has 0 N–H and O–H groups in total. The Morgan fingerprint density at radius 1 is 1.30 bits per heavy atom. The molecule has 1 saturated heterocycles. The molecule has 0 spiro atoms. The van der Waals surface area contributed by atoms with E-state index in [1.807, 2.05) is 31.2 Å². The third-order valence-corrected chi connectivity index (χ3v) is 6.16. The highest BCUT2D eigenvalue weighted by Gasteiger charge is 2.31. The quantitative estimate of drug-likeness (QED) is 0.858. The van der Waals surface area contributed by atoms with Gasteiger partial charge in [-0.05, 0) is 38.3 Å². The van der Waals surface area contributed by atoms with Gasteiger partial charge in [-0.2, -0.15) is 0 Å². The fraction of sp³-hybridized carbons (Fsp3) is 0.500. The molecule has 1 unspecified atom stereocenters. The van der Waals surface area contributed by atoms with Gasteiger partial charge in [0.05, 0.1) is 11.7 Å². The molecule has 1 aliphatic rings. The number of hydrogen-bond donors (Lipinski definition) is 0. The van der Waals surface area contributed by atoms with Crippen LogP contribution in [0.25, 0.3) is 11.5 Å². The van der Waals surface area contributed by atoms with Crippen LogP contribution in [0.1, 0.15) is 37.1 Å². The third kappa shape index (κ3) is 3.30. The Kier molecular flexibility index (Phi) is 4.50. The Morgan fingerprint density at radius 3 is 2.83 bits per heavy atom. The molecule has 1 fully saturated rings. The standard InChI is InChI=1S/C16H21N3O3S/c1-3-23(20,21)19-10-6-8-13(11-19)15-17-18-16(22-15)14-9-5-4-7-12(14)2/h4-5,7,9,13H,3,6,8,10-11H2,1-2H3. The van der Waals surface area contributed by atoms with Crippen LogP contribution in [0.4, 0.5) is 0 Å². The van der Waals surface area contributed by atoms with Crippen molar-refractivity contribution in [2.24, 2.45) is 0 Å². The highest BCUT2D eigenvalue weighted by atomic mass is 32.2. The van der Waals surface area contributed by atoms with E-state index in [2.05, 4.69) is 10.2 Å². The van der Waals surface area contributed by atoms with Gasteiger partial charge in [0.25, 0.3) is 0 Å². The van der Waals surface area contributed by atoms with Gasteiger partial charge in [0, 0.05) is 18.7 Å². The Balaban J connectivity index is 1.82. The van der Waals surface area contributed by atoms with Crippen LogP contribution >= 0.6 is 0 Å². The van der Waals surface area contributed by atoms with Crippen molar-refractivity contribution in [2.75, 3.05) is 18.8 Å². The van der Waals surface area contributed by atoms with Crippen LogP contribution in [0.5, 0.6) is 0 Å². The van der Waals surface area contributed by atoms with Crippen molar-refractivity contribution in [3.05, 3.63) is 35.7 Å². The Hall–Kier alpha value is -1.73. The largest absolute Gasteiger partial charge is 0.420 e. The zero-order valence-corrected chi connectivity index (χ0v) is 14.2. The average Bonchev–Trinajstić information content (AvgIpc) is 3.05. The molecule has 3 rings (SSSR count). The SMILES string of the molecule is CCS(=O)(=O)N1CCCC(c2nnc(-c3ccccc3C)o2)C1. The normalized spacial score (nSPS) is 19.8. The second kappa shape index (κ2) is 6.41. The minimum atomic E-state index is -3.17. The van der Waals surface area contributed by atoms with Gasteiger partial charge in [0.15, 0.2) is 0 Å². The number of nitrogens with zero attached hydrogens (tertiary/aromatic N) is 3. The van der Waals surface area contributed by atoms with E-state index >= 15 is 0 Å². The topological polar surface area (TPSA) is 76.3 Å². The van der Waals surface area contributed by atoms with Crippen LogP contribution in [0.3, 0.4) is 0 Å². The molecule has 1 atom stereocenters. The fourth-order valence-electron chi connectivity index (χ4n) is 2.90. The second-order valence-corrected chi connectivity index (χ2v) is 8.12. The summed E-state index contributed by atoms with van der Waals surface area (Å²) in [6.07, 6.45) is 1.68. The molecule has 2 aromatic rings. The summed E-state index contributed by atoms with van der Waals surface area (Å²) >= 11 is 0. The van der Waals surface area contributed by atoms with Gasteiger partial charge < -0.3 is 4.42 Å². The van der Waals surface area contributed by atoms with E-state index in [9.17, 15) is 8.42 Å². The lowest BCUT2D eigenvalue weighted by atomic mass is 10.00. The van der Waals surface area contributed by atoms with Gasteiger partial charge >= 0.3 is 0 Å². The van der Waals surface area contributed by atoms with Crippen molar-refractivity contribution in [3.8, 4) is 11.5 Å². The minimum Gasteiger partial charge on any atom is -0.420 e. The van der Waals surface area contributed by atoms with Crippen LogP contribution < -0.4 is 0 Å². The number of benzene rings is 1. The Labute approximate surface area is 136 Å². The highest BCUT2D eigenvalue weighted by molar-refractivity contribution is 7.89. The molecule has 0 amide bonds. The molecule has 1 aromatic carbocycles. The van der Waals surface area contributed by atoms with Crippen LogP contribution in [0, 0.1) is 6.92 Å². The lowest BCUT2D eigenvalue weighted by Crippen LogP contribution is -2.39. The van der Waals surface area contributed by atoms with Crippen molar-refractivity contribution in [2.45, 2.75) is 32.6 Å². The molecular formula is C16H21N3O3S. The first kappa shape index (κ1) is 16.1. The van der Waals surface area contributed by atoms with Crippen molar-refractivity contribution in [1.82, 2.24) is 14.5 Å². The molecule has 6 nitrogen and oxygen atoms in total. The monoisotopic (exact) mass is 335 g/mol. The molecule has 1 aromatic heterocycles. The molecule has 2 heterocycles. The summed E-state index contributed by atoms with van der Waals surface area (Å²) in [5.41, 5.74) is 1.99. The molecule has 23 heavy (non-hydrogen) atoms. The number of sulfonamides is 1. The van der Waals surface area contributed by atoms with E-state index in [1.54, 1.807) is 11.2 Å². The van der Waals surface area contributed by atoms with Crippen molar-refractivity contribution in [3.63, 3.8) is 0 Å². The first-order chi connectivity index (χ1) is 11.0. The summed E-state index contributed by atoms with van der Waals surface area (Å²) in [6, 6.07) is 7.84. The average molecular weight is 335 g/mol. The summed E-state index contributed by atoms with van der Waals surface area (Å²) < 4.78 is 31.5. The smallest absolute Gasteiger partial charge is 0.248 e. The fourth-order valence-corrected chi connectivity index (χ4v) is 4.08. The molecular weight excluding hydrogens is 314 g/mol. The van der Waals surface area contributed by atoms with Crippen molar-refractivity contribution < 1.29 is 12.8 Å². The summed E-state index contributed by atoms with van der Waals surface area (Å²) in [7, 11) is -3.17. The van der Waals surface area contributed by atoms with Crippen molar-refractivity contribution >= 4 is 10.0 Å². The zero-order chi connectivity index (χ0) is 16.4. The van der Waals surface area contributed by atoms with Crippen molar-refractivity contribution in [1.29, 1.82) is 0 Å². The Morgan fingerprint density at radius 2 is 2.09 bits per heavy atom. The molecule has 0 aliphatic carbocycles. The number of piperidine rings is 1. The number of aryl methyl sites for hydroxylation is 1. The molecule has 0 saturated carbocycles. The summed E-state index contributed by atoms with van der Waals surface area (Å²) in [5, 5.41) is 8.31. The predicted octanol–water partition coefficient (Wildman–Crippen LogP) is 2.57. The lowest BCUT2D eigenvalue weighted by molar-refractivity contribution is 0.286. The number of aromatic nitrogens is 2. The van der Waals surface area contributed by atoms with Gasteiger partial charge in [-0.1, -0.05) is 18.2 Å². The van der Waals surface area contributed by atoms with Gasteiger partial charge in [0.1, 0.15) is 0 Å². The van der Waals surface area contributed by atoms with E-state index in [1.165, 1.54) is 0 Å². The van der Waals surface area contributed by atoms with Gasteiger partial charge in [-0.25, -0.2) is 12.7 Å². The van der Waals surface area contributed by atoms with Gasteiger partial charge in [-0.3, -0.25) is 0 Å². The summed E-state index contributed by atoms with van der Waals surface area (Å²) in [6.45, 7) is 4.66. The number of hydrogen-bond acceptors (Lipinski definition) is 5. The second-order valence-electron chi connectivity index (χ2n) is 5.86. The van der Waals surface area contributed by atoms with Crippen LogP contribution in [0.15, 0.2) is 28.7 Å². The van der Waals surface area contributed by atoms with E-state index in [-0.39, 0.29) is 11.7 Å². The number of rotatable bonds is 4. The maximum Gasteiger partial charge on any atom is 0.248 e. The van der Waals surface area contributed by atoms with E-state index in [0.29, 0.717) is 24.9 Å². The molecule has 1 aliphatic heterocycles. The molecule has 7 heteroatoms. The highest BCUT2D eigenvalue weighted by Crippen LogP contribution is 2.30. The summed E-state index contributed by atoms with van der Waals surface area (Å²) in [4.78, 5) is 0. The van der Waals surface area contributed by atoms with Crippen LogP contribution in [-0.4, -0.2) is 41.8 Å². The lowest BCUT2D eigenvalue weighted by Gasteiger charge is -2.29. The first-order valence-electron chi connectivity index (χ1n) is 7.88. The minimum absolute atomic E-state index is 0.0321. The van der Waals surface area contributed by atoms with Crippen LogP contribution in [-0.2, 0) is 10.0 Å². The van der Waals surface area contributed by atoms with E-state index < -0.39 is 10.0 Å². The Bertz CT molecular complexity index is 785. The van der Waals surface area contributed by atoms with E-state index in [4.69, 9.17) is 4.42 Å². The maximum atomic E-state index is 12.1. The molecule has 0 bridgehead atoms. The predicted molar refractivity (Wildman–Crippen MR) is 87.5 cm³/mol. The summed E-state index contributed by atoms with van der Waals surface area (Å²) in [5.74, 6) is 1.11. The zero-order valence-electron chi connectivity index (χ0n) is 13.4. The van der Waals surface area contributed by atoms with Gasteiger partial charge in [0.2, 0.25) is 21.8 Å². The maximum absolute atomic E-state index is 12.1. The van der Waals surface area contributed by atoms with Crippen LogP contribution in [0.2, 0.25) is 0 Å². The molecule has 124 valence electrons. The molecule has 0 radical (unpaired) electrons. The third-order valence-electron chi connectivity index (χ3n) is 4.31. The first-order valence-corrected chi connectivity index (χ1v) is 9.49. The van der Waals surface area contributed by atoms with Gasteiger partial charge in [-0.15, -0.1) is 10.2 Å². The van der Waals surface area contributed by atoms with E-state index in [0.717, 1.165) is 24.0 Å².